The molecule has 0 spiro atoms. The van der Waals surface area contributed by atoms with Crippen molar-refractivity contribution in [3.8, 4) is 0 Å². The molecule has 0 bridgehead atoms. The molecule has 4 heteroatoms. The van der Waals surface area contributed by atoms with Gasteiger partial charge in [-0.2, -0.15) is 0 Å². The molecule has 0 heterocycles. The quantitative estimate of drug-likeness (QED) is 0.829. The average molecular weight is 232 g/mol. The fraction of sp³-hybridized carbons (Fsp3) is 0.385. The zero-order chi connectivity index (χ0) is 12.3. The maximum atomic E-state index is 11.5. The second-order valence-corrected chi connectivity index (χ2v) is 4.37. The van der Waals surface area contributed by atoms with Gasteiger partial charge in [0.15, 0.2) is 0 Å². The highest BCUT2D eigenvalue weighted by Crippen LogP contribution is 2.28. The van der Waals surface area contributed by atoms with Crippen LogP contribution < -0.4 is 10.6 Å². The molecule has 1 saturated carbocycles. The molecule has 1 aromatic carbocycles. The third-order valence-corrected chi connectivity index (χ3v) is 2.66. The van der Waals surface area contributed by atoms with E-state index in [2.05, 4.69) is 10.6 Å². The van der Waals surface area contributed by atoms with Crippen LogP contribution in [0.3, 0.4) is 0 Å². The van der Waals surface area contributed by atoms with Crippen LogP contribution in [0.1, 0.15) is 25.3 Å². The number of hydrogen-bond acceptors (Lipinski definition) is 2. The number of anilines is 1. The van der Waals surface area contributed by atoms with Gasteiger partial charge >= 0.3 is 0 Å². The number of hydrogen-bond donors (Lipinski definition) is 2. The Morgan fingerprint density at radius 1 is 1.35 bits per heavy atom. The summed E-state index contributed by atoms with van der Waals surface area (Å²) >= 11 is 0. The summed E-state index contributed by atoms with van der Waals surface area (Å²) < 4.78 is 0. The molecule has 90 valence electrons. The van der Waals surface area contributed by atoms with Crippen LogP contribution in [-0.4, -0.2) is 11.8 Å². The van der Waals surface area contributed by atoms with Crippen LogP contribution in [0.2, 0.25) is 0 Å². The molecular formula is C13H16N2O2. The second-order valence-electron chi connectivity index (χ2n) is 4.37. The van der Waals surface area contributed by atoms with Gasteiger partial charge in [0, 0.05) is 25.1 Å². The summed E-state index contributed by atoms with van der Waals surface area (Å²) in [6, 6.07) is 7.49. The van der Waals surface area contributed by atoms with E-state index in [9.17, 15) is 9.59 Å². The molecule has 1 aliphatic carbocycles. The van der Waals surface area contributed by atoms with Gasteiger partial charge in [0.1, 0.15) is 0 Å². The highest BCUT2D eigenvalue weighted by atomic mass is 16.2. The minimum atomic E-state index is -0.0934. The van der Waals surface area contributed by atoms with E-state index in [0.717, 1.165) is 24.1 Å². The van der Waals surface area contributed by atoms with E-state index in [4.69, 9.17) is 0 Å². The largest absolute Gasteiger partial charge is 0.352 e. The topological polar surface area (TPSA) is 58.2 Å². The average Bonchev–Trinajstić information content (AvgIpc) is 3.09. The highest BCUT2D eigenvalue weighted by molar-refractivity contribution is 5.88. The summed E-state index contributed by atoms with van der Waals surface area (Å²) in [4.78, 5) is 22.4. The molecule has 0 radical (unpaired) electrons. The lowest BCUT2D eigenvalue weighted by Crippen LogP contribution is -2.24. The summed E-state index contributed by atoms with van der Waals surface area (Å²) in [6.07, 6.45) is 2.02. The number of amides is 2. The first kappa shape index (κ1) is 11.6. The molecule has 0 aromatic heterocycles. The van der Waals surface area contributed by atoms with Gasteiger partial charge in [-0.05, 0) is 30.5 Å². The predicted molar refractivity (Wildman–Crippen MR) is 65.3 cm³/mol. The summed E-state index contributed by atoms with van der Waals surface area (Å²) in [5.41, 5.74) is 1.75. The Balaban J connectivity index is 1.91. The predicted octanol–water partition coefficient (Wildman–Crippen LogP) is 1.67. The first-order chi connectivity index (χ1) is 8.15. The van der Waals surface area contributed by atoms with E-state index in [1.165, 1.54) is 6.92 Å². The summed E-state index contributed by atoms with van der Waals surface area (Å²) in [6.45, 7) is 1.99. The SMILES string of the molecule is CC(=O)Nc1cccc(CNC(=O)C2CC2)c1. The molecule has 0 saturated heterocycles. The van der Waals surface area contributed by atoms with Crippen molar-refractivity contribution in [1.82, 2.24) is 5.32 Å². The van der Waals surface area contributed by atoms with Crippen LogP contribution in [0.5, 0.6) is 0 Å². The van der Waals surface area contributed by atoms with Gasteiger partial charge in [0.25, 0.3) is 0 Å². The van der Waals surface area contributed by atoms with Crippen LogP contribution in [0.15, 0.2) is 24.3 Å². The summed E-state index contributed by atoms with van der Waals surface area (Å²) in [5.74, 6) is 0.271. The summed E-state index contributed by atoms with van der Waals surface area (Å²) in [7, 11) is 0. The molecule has 1 aliphatic rings. The van der Waals surface area contributed by atoms with Crippen molar-refractivity contribution >= 4 is 17.5 Å². The van der Waals surface area contributed by atoms with E-state index >= 15 is 0 Å². The van der Waals surface area contributed by atoms with Crippen molar-refractivity contribution in [2.45, 2.75) is 26.3 Å². The van der Waals surface area contributed by atoms with Crippen molar-refractivity contribution in [1.29, 1.82) is 0 Å². The fourth-order valence-electron chi connectivity index (χ4n) is 1.64. The molecule has 2 N–H and O–H groups in total. The maximum absolute atomic E-state index is 11.5. The molecule has 0 unspecified atom stereocenters. The molecule has 1 aromatic rings. The minimum absolute atomic E-state index is 0.0934. The maximum Gasteiger partial charge on any atom is 0.223 e. The molecule has 17 heavy (non-hydrogen) atoms. The fourth-order valence-corrected chi connectivity index (χ4v) is 1.64. The van der Waals surface area contributed by atoms with Gasteiger partial charge in [-0.3, -0.25) is 9.59 Å². The Kier molecular flexibility index (Phi) is 3.42. The zero-order valence-electron chi connectivity index (χ0n) is 9.82. The van der Waals surface area contributed by atoms with Gasteiger partial charge in [-0.15, -0.1) is 0 Å². The number of carbonyl (C=O) groups excluding carboxylic acids is 2. The highest BCUT2D eigenvalue weighted by Gasteiger charge is 2.29. The normalized spacial score (nSPS) is 14.2. The van der Waals surface area contributed by atoms with Crippen LogP contribution in [0.4, 0.5) is 5.69 Å². The smallest absolute Gasteiger partial charge is 0.223 e. The summed E-state index contributed by atoms with van der Waals surface area (Å²) in [5, 5.41) is 5.61. The number of benzene rings is 1. The standard InChI is InChI=1S/C13H16N2O2/c1-9(16)15-12-4-2-3-10(7-12)8-14-13(17)11-5-6-11/h2-4,7,11H,5-6,8H2,1H3,(H,14,17)(H,15,16). The molecule has 2 amide bonds. The Morgan fingerprint density at radius 3 is 2.76 bits per heavy atom. The van der Waals surface area contributed by atoms with E-state index < -0.39 is 0 Å². The molecule has 0 atom stereocenters. The van der Waals surface area contributed by atoms with E-state index in [0.29, 0.717) is 6.54 Å². The first-order valence-electron chi connectivity index (χ1n) is 5.79. The third kappa shape index (κ3) is 3.59. The van der Waals surface area contributed by atoms with Gasteiger partial charge in [-0.1, -0.05) is 12.1 Å². The Morgan fingerprint density at radius 2 is 2.12 bits per heavy atom. The van der Waals surface area contributed by atoms with Crippen molar-refractivity contribution < 1.29 is 9.59 Å². The van der Waals surface area contributed by atoms with Crippen LogP contribution in [0.25, 0.3) is 0 Å². The van der Waals surface area contributed by atoms with Gasteiger partial charge in [0.2, 0.25) is 11.8 Å². The number of carbonyl (C=O) groups is 2. The lowest BCUT2D eigenvalue weighted by atomic mass is 10.2. The Bertz CT molecular complexity index is 439. The monoisotopic (exact) mass is 232 g/mol. The van der Waals surface area contributed by atoms with Crippen molar-refractivity contribution in [3.63, 3.8) is 0 Å². The van der Waals surface area contributed by atoms with Crippen LogP contribution in [-0.2, 0) is 16.1 Å². The van der Waals surface area contributed by atoms with Crippen LogP contribution >= 0.6 is 0 Å². The number of rotatable bonds is 4. The van der Waals surface area contributed by atoms with E-state index in [1.54, 1.807) is 0 Å². The van der Waals surface area contributed by atoms with Crippen molar-refractivity contribution in [2.24, 2.45) is 5.92 Å². The molecule has 0 aliphatic heterocycles. The molecular weight excluding hydrogens is 216 g/mol. The van der Waals surface area contributed by atoms with E-state index in [-0.39, 0.29) is 17.7 Å². The van der Waals surface area contributed by atoms with Crippen molar-refractivity contribution in [3.05, 3.63) is 29.8 Å². The van der Waals surface area contributed by atoms with Gasteiger partial charge < -0.3 is 10.6 Å². The molecule has 1 fully saturated rings. The lowest BCUT2D eigenvalue weighted by molar-refractivity contribution is -0.122. The minimum Gasteiger partial charge on any atom is -0.352 e. The lowest BCUT2D eigenvalue weighted by Gasteiger charge is -2.07. The zero-order valence-corrected chi connectivity index (χ0v) is 9.82. The number of nitrogens with one attached hydrogen (secondary N) is 2. The molecule has 4 nitrogen and oxygen atoms in total. The Hall–Kier alpha value is -1.84. The van der Waals surface area contributed by atoms with Crippen molar-refractivity contribution in [2.75, 3.05) is 5.32 Å². The Labute approximate surface area is 100 Å². The van der Waals surface area contributed by atoms with Gasteiger partial charge in [-0.25, -0.2) is 0 Å². The second kappa shape index (κ2) is 4.99. The third-order valence-electron chi connectivity index (χ3n) is 2.66. The van der Waals surface area contributed by atoms with E-state index in [1.807, 2.05) is 24.3 Å². The van der Waals surface area contributed by atoms with Gasteiger partial charge in [0.05, 0.1) is 0 Å². The molecule has 2 rings (SSSR count). The van der Waals surface area contributed by atoms with Crippen LogP contribution in [0, 0.1) is 5.92 Å². The first-order valence-corrected chi connectivity index (χ1v) is 5.79.